The molecule has 0 aliphatic heterocycles. The lowest BCUT2D eigenvalue weighted by Crippen LogP contribution is -2.51. The van der Waals surface area contributed by atoms with Crippen LogP contribution in [0.2, 0.25) is 0 Å². The minimum Gasteiger partial charge on any atom is -0.460 e. The van der Waals surface area contributed by atoms with Crippen LogP contribution in [0, 0.1) is 17.8 Å². The van der Waals surface area contributed by atoms with E-state index in [0.29, 0.717) is 25.7 Å². The minimum atomic E-state index is -3.73. The first-order valence-electron chi connectivity index (χ1n) is 10.9. The van der Waals surface area contributed by atoms with E-state index >= 15 is 0 Å². The Morgan fingerprint density at radius 2 is 1.68 bits per heavy atom. The van der Waals surface area contributed by atoms with Gasteiger partial charge in [-0.25, -0.2) is 16.8 Å². The van der Waals surface area contributed by atoms with Crippen LogP contribution in [-0.2, 0) is 35.6 Å². The van der Waals surface area contributed by atoms with Crippen molar-refractivity contribution in [3.05, 3.63) is 35.9 Å². The van der Waals surface area contributed by atoms with E-state index < -0.39 is 58.8 Å². The third kappa shape index (κ3) is 5.00. The summed E-state index contributed by atoms with van der Waals surface area (Å²) in [7, 11) is -7.41. The highest BCUT2D eigenvalue weighted by Gasteiger charge is 2.63. The molecule has 174 valence electrons. The summed E-state index contributed by atoms with van der Waals surface area (Å²) >= 11 is 0. The van der Waals surface area contributed by atoms with Crippen LogP contribution in [0.1, 0.15) is 52.5 Å². The molecule has 1 aromatic rings. The maximum atomic E-state index is 13.7. The Balaban J connectivity index is 1.91. The van der Waals surface area contributed by atoms with Crippen LogP contribution in [0.3, 0.4) is 0 Å². The summed E-state index contributed by atoms with van der Waals surface area (Å²) in [6, 6.07) is 9.41. The van der Waals surface area contributed by atoms with Gasteiger partial charge in [-0.2, -0.15) is 0 Å². The highest BCUT2D eigenvalue weighted by molar-refractivity contribution is 7.96. The van der Waals surface area contributed by atoms with E-state index in [2.05, 4.69) is 0 Å². The number of hydrogen-bond donors (Lipinski definition) is 0. The zero-order valence-electron chi connectivity index (χ0n) is 18.9. The highest BCUT2D eigenvalue weighted by atomic mass is 32.2. The summed E-state index contributed by atoms with van der Waals surface area (Å²) in [5.41, 5.74) is 0.247. The van der Waals surface area contributed by atoms with Crippen LogP contribution in [0.5, 0.6) is 0 Å². The van der Waals surface area contributed by atoms with Crippen LogP contribution >= 0.6 is 0 Å². The van der Waals surface area contributed by atoms with Crippen LogP contribution < -0.4 is 0 Å². The van der Waals surface area contributed by atoms with Gasteiger partial charge in [0.2, 0.25) is 0 Å². The second-order valence-electron chi connectivity index (χ2n) is 10.1. The Hall–Kier alpha value is -1.41. The number of esters is 1. The van der Waals surface area contributed by atoms with E-state index in [1.807, 2.05) is 37.3 Å². The number of carbonyl (C=O) groups excluding carboxylic acids is 1. The molecule has 2 fully saturated rings. The number of fused-ring (bicyclic) bond motifs is 2. The van der Waals surface area contributed by atoms with E-state index in [1.54, 1.807) is 20.8 Å². The van der Waals surface area contributed by atoms with E-state index in [1.165, 1.54) is 0 Å². The number of benzene rings is 1. The smallest absolute Gasteiger partial charge is 0.309 e. The molecule has 2 aliphatic rings. The number of ether oxygens (including phenoxy) is 1. The van der Waals surface area contributed by atoms with Crippen LogP contribution in [0.15, 0.2) is 30.3 Å². The third-order valence-corrected chi connectivity index (χ3v) is 11.3. The second-order valence-corrected chi connectivity index (χ2v) is 14.7. The lowest BCUT2D eigenvalue weighted by atomic mass is 9.88. The Morgan fingerprint density at radius 3 is 2.19 bits per heavy atom. The molecule has 8 heteroatoms. The summed E-state index contributed by atoms with van der Waals surface area (Å²) in [6.45, 7) is 7.15. The fraction of sp³-hybridized carbons (Fsp3) is 0.696. The molecule has 31 heavy (non-hydrogen) atoms. The van der Waals surface area contributed by atoms with Crippen molar-refractivity contribution < 1.29 is 26.4 Å². The van der Waals surface area contributed by atoms with Crippen LogP contribution in [0.4, 0.5) is 0 Å². The van der Waals surface area contributed by atoms with Crippen molar-refractivity contribution in [3.8, 4) is 0 Å². The zero-order chi connectivity index (χ0) is 23.2. The third-order valence-electron chi connectivity index (χ3n) is 6.67. The molecule has 2 bridgehead atoms. The molecular formula is C23H34O6S2. The van der Waals surface area contributed by atoms with Gasteiger partial charge >= 0.3 is 5.97 Å². The number of sulfone groups is 2. The fourth-order valence-electron chi connectivity index (χ4n) is 5.51. The molecule has 0 spiro atoms. The van der Waals surface area contributed by atoms with Crippen molar-refractivity contribution in [3.63, 3.8) is 0 Å². The molecule has 3 rings (SSSR count). The SMILES string of the molecule is CCC(Cc1ccccc1)S(=O)(=O)C1C2CC(C(=O)OC(C)(C)C)C(C2)C1S(C)(=O)=O. The van der Waals surface area contributed by atoms with E-state index in [-0.39, 0.29) is 5.92 Å². The zero-order valence-corrected chi connectivity index (χ0v) is 20.6. The monoisotopic (exact) mass is 470 g/mol. The summed E-state index contributed by atoms with van der Waals surface area (Å²) in [5.74, 6) is -1.83. The minimum absolute atomic E-state index is 0.336. The predicted octanol–water partition coefficient (Wildman–Crippen LogP) is 3.20. The lowest BCUT2D eigenvalue weighted by molar-refractivity contribution is -0.161. The van der Waals surface area contributed by atoms with Crippen molar-refractivity contribution in [1.82, 2.24) is 0 Å². The van der Waals surface area contributed by atoms with Gasteiger partial charge in [0.05, 0.1) is 21.7 Å². The molecule has 6 unspecified atom stereocenters. The van der Waals surface area contributed by atoms with Gasteiger partial charge in [-0.05, 0) is 63.9 Å². The van der Waals surface area contributed by atoms with Crippen LogP contribution in [0.25, 0.3) is 0 Å². The maximum absolute atomic E-state index is 13.7. The molecule has 6 nitrogen and oxygen atoms in total. The number of carbonyl (C=O) groups is 1. The average molecular weight is 471 g/mol. The van der Waals surface area contributed by atoms with Gasteiger partial charge < -0.3 is 4.74 Å². The predicted molar refractivity (Wildman–Crippen MR) is 121 cm³/mol. The van der Waals surface area contributed by atoms with Crippen molar-refractivity contribution in [1.29, 1.82) is 0 Å². The van der Waals surface area contributed by atoms with Crippen molar-refractivity contribution in [2.24, 2.45) is 17.8 Å². The van der Waals surface area contributed by atoms with Gasteiger partial charge in [-0.1, -0.05) is 37.3 Å². The second kappa shape index (κ2) is 8.50. The topological polar surface area (TPSA) is 94.6 Å². The first-order chi connectivity index (χ1) is 14.3. The molecule has 0 N–H and O–H groups in total. The van der Waals surface area contributed by atoms with Gasteiger partial charge in [-0.15, -0.1) is 0 Å². The first kappa shape index (κ1) is 24.2. The summed E-state index contributed by atoms with van der Waals surface area (Å²) in [5, 5.41) is -2.66. The Labute approximate surface area is 186 Å². The molecule has 2 saturated carbocycles. The Morgan fingerprint density at radius 1 is 1.06 bits per heavy atom. The Bertz CT molecular complexity index is 1010. The summed E-state index contributed by atoms with van der Waals surface area (Å²) in [6.07, 6.45) is 2.69. The molecule has 0 aromatic heterocycles. The first-order valence-corrected chi connectivity index (χ1v) is 14.5. The number of hydrogen-bond acceptors (Lipinski definition) is 6. The molecule has 0 amide bonds. The number of rotatable bonds is 7. The Kier molecular flexibility index (Phi) is 6.65. The van der Waals surface area contributed by atoms with Gasteiger partial charge in [0.1, 0.15) is 5.60 Å². The molecule has 2 aliphatic carbocycles. The molecule has 0 heterocycles. The van der Waals surface area contributed by atoms with Gasteiger partial charge in [-0.3, -0.25) is 4.79 Å². The van der Waals surface area contributed by atoms with Crippen LogP contribution in [-0.4, -0.2) is 50.4 Å². The van der Waals surface area contributed by atoms with Crippen molar-refractivity contribution >= 4 is 25.6 Å². The molecule has 0 radical (unpaired) electrons. The summed E-state index contributed by atoms with van der Waals surface area (Å²) in [4.78, 5) is 12.7. The van der Waals surface area contributed by atoms with E-state index in [0.717, 1.165) is 11.8 Å². The highest BCUT2D eigenvalue weighted by Crippen LogP contribution is 2.54. The largest absolute Gasteiger partial charge is 0.460 e. The molecule has 6 atom stereocenters. The summed E-state index contributed by atoms with van der Waals surface area (Å²) < 4.78 is 58.6. The molecular weight excluding hydrogens is 436 g/mol. The quantitative estimate of drug-likeness (QED) is 0.568. The molecule has 1 aromatic carbocycles. The lowest BCUT2D eigenvalue weighted by Gasteiger charge is -2.36. The van der Waals surface area contributed by atoms with Crippen molar-refractivity contribution in [2.75, 3.05) is 6.26 Å². The molecule has 0 saturated heterocycles. The maximum Gasteiger partial charge on any atom is 0.309 e. The van der Waals surface area contributed by atoms with Gasteiger partial charge in [0.15, 0.2) is 19.7 Å². The van der Waals surface area contributed by atoms with E-state index in [9.17, 15) is 21.6 Å². The van der Waals surface area contributed by atoms with Crippen molar-refractivity contribution in [2.45, 2.75) is 74.7 Å². The fourth-order valence-corrected chi connectivity index (χ4v) is 10.9. The van der Waals surface area contributed by atoms with Gasteiger partial charge in [0.25, 0.3) is 0 Å². The average Bonchev–Trinajstić information content (AvgIpc) is 3.24. The standard InChI is InChI=1S/C23H34O6S2/c1-6-17(12-15-10-8-7-9-11-15)31(27,28)20-16-13-18(21(20)30(5,25)26)19(14-16)22(24)29-23(2,3)4/h7-11,16-21H,6,12-14H2,1-5H3. The van der Waals surface area contributed by atoms with Gasteiger partial charge in [0, 0.05) is 6.26 Å². The normalized spacial score (nSPS) is 29.6. The van der Waals surface area contributed by atoms with E-state index in [4.69, 9.17) is 4.74 Å².